The smallest absolute Gasteiger partial charge is 0.209 e. The van der Waals surface area contributed by atoms with E-state index in [1.807, 2.05) is 26.8 Å². The Morgan fingerprint density at radius 1 is 1.27 bits per heavy atom. The Balaban J connectivity index is 1.69. The van der Waals surface area contributed by atoms with Crippen molar-refractivity contribution in [1.29, 1.82) is 0 Å². The van der Waals surface area contributed by atoms with Crippen molar-refractivity contribution in [2.75, 3.05) is 45.6 Å². The first kappa shape index (κ1) is 23.0. The number of likely N-dealkylation sites (tertiary alicyclic amines) is 1. The van der Waals surface area contributed by atoms with Gasteiger partial charge in [-0.3, -0.25) is 9.89 Å². The molecule has 0 radical (unpaired) electrons. The minimum Gasteiger partial charge on any atom is -0.373 e. The summed E-state index contributed by atoms with van der Waals surface area (Å²) in [6, 6.07) is 10.8. The maximum absolute atomic E-state index is 11.6. The molecule has 0 amide bonds. The molecule has 2 aliphatic heterocycles. The van der Waals surface area contributed by atoms with Crippen molar-refractivity contribution in [2.45, 2.75) is 45.0 Å². The van der Waals surface area contributed by atoms with Crippen LogP contribution in [0.1, 0.15) is 26.3 Å². The summed E-state index contributed by atoms with van der Waals surface area (Å²) in [5.74, 6) is 0.804. The number of nitrogens with zero attached hydrogens (tertiary/aromatic N) is 3. The van der Waals surface area contributed by atoms with E-state index in [1.54, 1.807) is 0 Å². The predicted molar refractivity (Wildman–Crippen MR) is 120 cm³/mol. The normalized spacial score (nSPS) is 23.5. The quantitative estimate of drug-likeness (QED) is 0.486. The number of benzene rings is 1. The summed E-state index contributed by atoms with van der Waals surface area (Å²) >= 11 is 0. The molecule has 2 aliphatic rings. The molecule has 1 aromatic rings. The molecule has 0 aromatic heterocycles. The van der Waals surface area contributed by atoms with Crippen LogP contribution in [-0.4, -0.2) is 87.4 Å². The molecule has 0 aliphatic carbocycles. The van der Waals surface area contributed by atoms with Gasteiger partial charge in [-0.25, -0.2) is 13.1 Å². The van der Waals surface area contributed by atoms with E-state index in [0.717, 1.165) is 45.3 Å². The van der Waals surface area contributed by atoms with E-state index in [2.05, 4.69) is 44.1 Å². The van der Waals surface area contributed by atoms with Gasteiger partial charge in [-0.2, -0.15) is 0 Å². The highest BCUT2D eigenvalue weighted by Crippen LogP contribution is 2.24. The SMILES string of the molecule is CCNC(=NCC(C)(C)NS(C)(=O)=O)N1CC2OCCN(Cc3ccccc3)C2C1. The van der Waals surface area contributed by atoms with Crippen molar-refractivity contribution in [2.24, 2.45) is 4.99 Å². The molecule has 30 heavy (non-hydrogen) atoms. The highest BCUT2D eigenvalue weighted by molar-refractivity contribution is 7.88. The fourth-order valence-electron chi connectivity index (χ4n) is 4.18. The highest BCUT2D eigenvalue weighted by Gasteiger charge is 2.41. The second-order valence-electron chi connectivity index (χ2n) is 8.77. The first-order chi connectivity index (χ1) is 14.2. The van der Waals surface area contributed by atoms with Crippen molar-refractivity contribution >= 4 is 16.0 Å². The van der Waals surface area contributed by atoms with Crippen LogP contribution in [0.15, 0.2) is 35.3 Å². The summed E-state index contributed by atoms with van der Waals surface area (Å²) in [6.45, 7) is 11.0. The number of aliphatic imine (C=N–C) groups is 1. The van der Waals surface area contributed by atoms with Gasteiger partial charge in [-0.1, -0.05) is 30.3 Å². The van der Waals surface area contributed by atoms with E-state index in [-0.39, 0.29) is 6.10 Å². The molecule has 168 valence electrons. The third kappa shape index (κ3) is 6.41. The topological polar surface area (TPSA) is 86.3 Å². The molecule has 2 atom stereocenters. The lowest BCUT2D eigenvalue weighted by atomic mass is 10.1. The standard InChI is InChI=1S/C21H35N5O3S/c1-5-22-20(23-16-21(2,3)24-30(4,27)28)26-14-18-19(15-26)29-12-11-25(18)13-17-9-7-6-8-10-17/h6-10,18-19,24H,5,11-16H2,1-4H3,(H,22,23). The van der Waals surface area contributed by atoms with Gasteiger partial charge in [0.1, 0.15) is 0 Å². The third-order valence-electron chi connectivity index (χ3n) is 5.37. The van der Waals surface area contributed by atoms with Crippen LogP contribution in [-0.2, 0) is 21.3 Å². The van der Waals surface area contributed by atoms with Gasteiger partial charge in [0.2, 0.25) is 10.0 Å². The fraction of sp³-hybridized carbons (Fsp3) is 0.667. The summed E-state index contributed by atoms with van der Waals surface area (Å²) in [5, 5.41) is 3.36. The molecule has 9 heteroatoms. The molecular weight excluding hydrogens is 402 g/mol. The predicted octanol–water partition coefficient (Wildman–Crippen LogP) is 0.865. The summed E-state index contributed by atoms with van der Waals surface area (Å²) in [5.41, 5.74) is 0.655. The molecule has 2 unspecified atom stereocenters. The van der Waals surface area contributed by atoms with Crippen molar-refractivity contribution in [3.63, 3.8) is 0 Å². The maximum atomic E-state index is 11.6. The molecule has 2 fully saturated rings. The zero-order valence-corrected chi connectivity index (χ0v) is 19.3. The highest BCUT2D eigenvalue weighted by atomic mass is 32.2. The zero-order chi connectivity index (χ0) is 21.8. The van der Waals surface area contributed by atoms with Gasteiger partial charge in [-0.05, 0) is 26.3 Å². The van der Waals surface area contributed by atoms with Gasteiger partial charge >= 0.3 is 0 Å². The van der Waals surface area contributed by atoms with Gasteiger partial charge in [0.25, 0.3) is 0 Å². The number of hydrogen-bond acceptors (Lipinski definition) is 5. The van der Waals surface area contributed by atoms with Gasteiger partial charge in [0.05, 0.1) is 31.6 Å². The summed E-state index contributed by atoms with van der Waals surface area (Å²) < 4.78 is 32.0. The number of sulfonamides is 1. The minimum atomic E-state index is -3.30. The Hall–Kier alpha value is -1.68. The van der Waals surface area contributed by atoms with E-state index in [9.17, 15) is 8.42 Å². The van der Waals surface area contributed by atoms with Crippen LogP contribution in [0.4, 0.5) is 0 Å². The molecule has 8 nitrogen and oxygen atoms in total. The maximum Gasteiger partial charge on any atom is 0.209 e. The number of hydrogen-bond donors (Lipinski definition) is 2. The van der Waals surface area contributed by atoms with E-state index >= 15 is 0 Å². The average Bonchev–Trinajstić information content (AvgIpc) is 3.09. The minimum absolute atomic E-state index is 0.147. The van der Waals surface area contributed by atoms with Gasteiger partial charge in [-0.15, -0.1) is 0 Å². The first-order valence-corrected chi connectivity index (χ1v) is 12.5. The number of rotatable bonds is 7. The lowest BCUT2D eigenvalue weighted by molar-refractivity contribution is -0.0502. The van der Waals surface area contributed by atoms with Crippen molar-refractivity contribution in [3.05, 3.63) is 35.9 Å². The monoisotopic (exact) mass is 437 g/mol. The van der Waals surface area contributed by atoms with Crippen molar-refractivity contribution in [3.8, 4) is 0 Å². The van der Waals surface area contributed by atoms with Crippen LogP contribution in [0.25, 0.3) is 0 Å². The molecule has 0 saturated carbocycles. The Morgan fingerprint density at radius 3 is 2.67 bits per heavy atom. The Bertz CT molecular complexity index is 828. The zero-order valence-electron chi connectivity index (χ0n) is 18.5. The third-order valence-corrected chi connectivity index (χ3v) is 6.29. The molecule has 1 aromatic carbocycles. The van der Waals surface area contributed by atoms with E-state index in [4.69, 9.17) is 9.73 Å². The number of ether oxygens (including phenoxy) is 1. The summed E-state index contributed by atoms with van der Waals surface area (Å²) in [4.78, 5) is 9.49. The Kier molecular flexibility index (Phi) is 7.38. The van der Waals surface area contributed by atoms with Crippen LogP contribution >= 0.6 is 0 Å². The second kappa shape index (κ2) is 9.64. The van der Waals surface area contributed by atoms with Crippen LogP contribution < -0.4 is 10.0 Å². The second-order valence-corrected chi connectivity index (χ2v) is 10.5. The summed E-state index contributed by atoms with van der Waals surface area (Å²) in [7, 11) is -3.30. The number of fused-ring (bicyclic) bond motifs is 1. The molecule has 0 bridgehead atoms. The average molecular weight is 438 g/mol. The molecule has 0 spiro atoms. The largest absolute Gasteiger partial charge is 0.373 e. The van der Waals surface area contributed by atoms with Crippen LogP contribution in [0.2, 0.25) is 0 Å². The lowest BCUT2D eigenvalue weighted by Gasteiger charge is -2.36. The van der Waals surface area contributed by atoms with E-state index < -0.39 is 15.6 Å². The first-order valence-electron chi connectivity index (χ1n) is 10.6. The van der Waals surface area contributed by atoms with E-state index in [0.29, 0.717) is 12.6 Å². The number of guanidine groups is 1. The molecule has 3 rings (SSSR count). The van der Waals surface area contributed by atoms with Crippen molar-refractivity contribution in [1.82, 2.24) is 19.8 Å². The van der Waals surface area contributed by atoms with Crippen LogP contribution in [0.3, 0.4) is 0 Å². The van der Waals surface area contributed by atoms with Gasteiger partial charge < -0.3 is 15.0 Å². The summed E-state index contributed by atoms with van der Waals surface area (Å²) in [6.07, 6.45) is 1.32. The van der Waals surface area contributed by atoms with Crippen LogP contribution in [0.5, 0.6) is 0 Å². The van der Waals surface area contributed by atoms with E-state index in [1.165, 1.54) is 11.8 Å². The molecular formula is C21H35N5O3S. The lowest BCUT2D eigenvalue weighted by Crippen LogP contribution is -2.50. The molecule has 2 saturated heterocycles. The number of morpholine rings is 1. The van der Waals surface area contributed by atoms with Crippen LogP contribution in [0, 0.1) is 0 Å². The molecule has 2 heterocycles. The fourth-order valence-corrected chi connectivity index (χ4v) is 5.25. The molecule has 2 N–H and O–H groups in total. The van der Waals surface area contributed by atoms with Crippen molar-refractivity contribution < 1.29 is 13.2 Å². The van der Waals surface area contributed by atoms with Gasteiger partial charge in [0.15, 0.2) is 5.96 Å². The Morgan fingerprint density at radius 2 is 2.00 bits per heavy atom. The Labute approximate surface area is 180 Å². The van der Waals surface area contributed by atoms with Gasteiger partial charge in [0, 0.05) is 38.3 Å². The number of nitrogens with one attached hydrogen (secondary N) is 2.